The Morgan fingerprint density at radius 3 is 2.63 bits per heavy atom. The number of benzene rings is 1. The summed E-state index contributed by atoms with van der Waals surface area (Å²) in [7, 11) is 0. The second kappa shape index (κ2) is 5.42. The molecule has 0 unspecified atom stereocenters. The van der Waals surface area contributed by atoms with Crippen LogP contribution in [0.25, 0.3) is 0 Å². The standard InChI is InChI=1S/C13H10FN3O2/c1-8-16-5-11(6-17-8)19-13-10(4-15)2-9(7-18)3-12(13)14/h2-3,5-6,18H,7H2,1H3. The van der Waals surface area contributed by atoms with Gasteiger partial charge < -0.3 is 9.84 Å². The van der Waals surface area contributed by atoms with Gasteiger partial charge in [-0.1, -0.05) is 0 Å². The summed E-state index contributed by atoms with van der Waals surface area (Å²) in [6, 6.07) is 4.31. The Morgan fingerprint density at radius 2 is 2.05 bits per heavy atom. The zero-order chi connectivity index (χ0) is 13.8. The van der Waals surface area contributed by atoms with E-state index in [-0.39, 0.29) is 23.7 Å². The topological polar surface area (TPSA) is 79.0 Å². The van der Waals surface area contributed by atoms with Crippen LogP contribution >= 0.6 is 0 Å². The number of halogens is 1. The van der Waals surface area contributed by atoms with E-state index in [1.54, 1.807) is 6.92 Å². The van der Waals surface area contributed by atoms with Crippen molar-refractivity contribution < 1.29 is 14.2 Å². The molecule has 19 heavy (non-hydrogen) atoms. The zero-order valence-corrected chi connectivity index (χ0v) is 10.1. The van der Waals surface area contributed by atoms with E-state index in [0.29, 0.717) is 11.4 Å². The van der Waals surface area contributed by atoms with Gasteiger partial charge in [-0.25, -0.2) is 14.4 Å². The van der Waals surface area contributed by atoms with Crippen LogP contribution in [-0.4, -0.2) is 15.1 Å². The number of aromatic nitrogens is 2. The maximum absolute atomic E-state index is 13.8. The van der Waals surface area contributed by atoms with Crippen molar-refractivity contribution in [1.29, 1.82) is 5.26 Å². The van der Waals surface area contributed by atoms with E-state index in [4.69, 9.17) is 15.1 Å². The molecule has 0 radical (unpaired) electrons. The van der Waals surface area contributed by atoms with Crippen molar-refractivity contribution in [2.24, 2.45) is 0 Å². The molecule has 1 N–H and O–H groups in total. The average Bonchev–Trinajstić information content (AvgIpc) is 2.43. The van der Waals surface area contributed by atoms with E-state index in [9.17, 15) is 4.39 Å². The van der Waals surface area contributed by atoms with Crippen molar-refractivity contribution in [2.45, 2.75) is 13.5 Å². The normalized spacial score (nSPS) is 10.0. The van der Waals surface area contributed by atoms with Crippen LogP contribution in [-0.2, 0) is 6.61 Å². The lowest BCUT2D eigenvalue weighted by atomic mass is 10.1. The second-order valence-electron chi connectivity index (χ2n) is 3.79. The molecule has 96 valence electrons. The third-order valence-corrected chi connectivity index (χ3v) is 2.38. The molecule has 2 rings (SSSR count). The molecule has 1 aromatic heterocycles. The van der Waals surface area contributed by atoms with Crippen LogP contribution in [0.1, 0.15) is 17.0 Å². The molecular formula is C13H10FN3O2. The first-order valence-corrected chi connectivity index (χ1v) is 5.44. The summed E-state index contributed by atoms with van der Waals surface area (Å²) in [5.74, 6) is -0.127. The summed E-state index contributed by atoms with van der Waals surface area (Å²) in [5, 5.41) is 17.9. The third kappa shape index (κ3) is 2.84. The first-order valence-electron chi connectivity index (χ1n) is 5.44. The third-order valence-electron chi connectivity index (χ3n) is 2.38. The molecule has 0 aliphatic carbocycles. The van der Waals surface area contributed by atoms with Gasteiger partial charge in [0.25, 0.3) is 0 Å². The highest BCUT2D eigenvalue weighted by Crippen LogP contribution is 2.28. The average molecular weight is 259 g/mol. The minimum absolute atomic E-state index is 0.00428. The van der Waals surface area contributed by atoms with Crippen molar-refractivity contribution in [1.82, 2.24) is 9.97 Å². The Morgan fingerprint density at radius 1 is 1.37 bits per heavy atom. The highest BCUT2D eigenvalue weighted by Gasteiger charge is 2.13. The van der Waals surface area contributed by atoms with E-state index >= 15 is 0 Å². The van der Waals surface area contributed by atoms with Gasteiger partial charge in [0.1, 0.15) is 11.9 Å². The maximum atomic E-state index is 13.8. The minimum Gasteiger partial charge on any atom is -0.450 e. The molecule has 0 amide bonds. The number of aliphatic hydroxyl groups excluding tert-OH is 1. The Bertz CT molecular complexity index is 636. The smallest absolute Gasteiger partial charge is 0.180 e. The van der Waals surface area contributed by atoms with Crippen LogP contribution in [0.2, 0.25) is 0 Å². The number of ether oxygens (including phenoxy) is 1. The number of aryl methyl sites for hydroxylation is 1. The molecule has 0 aliphatic heterocycles. The van der Waals surface area contributed by atoms with Crippen molar-refractivity contribution >= 4 is 0 Å². The van der Waals surface area contributed by atoms with E-state index in [1.165, 1.54) is 18.5 Å². The van der Waals surface area contributed by atoms with Gasteiger partial charge in [-0.15, -0.1) is 0 Å². The summed E-state index contributed by atoms with van der Waals surface area (Å²) in [4.78, 5) is 7.83. The number of hydrogen-bond donors (Lipinski definition) is 1. The van der Waals surface area contributed by atoms with Gasteiger partial charge in [-0.3, -0.25) is 0 Å². The van der Waals surface area contributed by atoms with Gasteiger partial charge in [0.05, 0.1) is 24.6 Å². The number of rotatable bonds is 3. The molecule has 0 fully saturated rings. The van der Waals surface area contributed by atoms with Gasteiger partial charge in [-0.05, 0) is 24.6 Å². The van der Waals surface area contributed by atoms with Gasteiger partial charge in [0, 0.05) is 0 Å². The van der Waals surface area contributed by atoms with Crippen LogP contribution in [0.5, 0.6) is 11.5 Å². The lowest BCUT2D eigenvalue weighted by molar-refractivity contribution is 0.281. The summed E-state index contributed by atoms with van der Waals surface area (Å²) in [5.41, 5.74) is 0.311. The Hall–Kier alpha value is -2.52. The van der Waals surface area contributed by atoms with Crippen LogP contribution in [0, 0.1) is 24.1 Å². The molecule has 0 saturated carbocycles. The van der Waals surface area contributed by atoms with E-state index in [2.05, 4.69) is 9.97 Å². The van der Waals surface area contributed by atoms with Gasteiger partial charge in [0.2, 0.25) is 0 Å². The molecule has 1 aromatic carbocycles. The second-order valence-corrected chi connectivity index (χ2v) is 3.79. The largest absolute Gasteiger partial charge is 0.450 e. The van der Waals surface area contributed by atoms with Gasteiger partial charge >= 0.3 is 0 Å². The first kappa shape index (κ1) is 12.9. The van der Waals surface area contributed by atoms with Crippen LogP contribution in [0.15, 0.2) is 24.5 Å². The lowest BCUT2D eigenvalue weighted by Gasteiger charge is -2.09. The Kier molecular flexibility index (Phi) is 3.68. The molecule has 0 saturated heterocycles. The number of nitriles is 1. The van der Waals surface area contributed by atoms with Crippen molar-refractivity contribution in [3.05, 3.63) is 47.3 Å². The summed E-state index contributed by atoms with van der Waals surface area (Å²) in [6.07, 6.45) is 2.78. The maximum Gasteiger partial charge on any atom is 0.180 e. The number of aliphatic hydroxyl groups is 1. The molecule has 2 aromatic rings. The zero-order valence-electron chi connectivity index (χ0n) is 10.1. The number of hydrogen-bond acceptors (Lipinski definition) is 5. The fourth-order valence-electron chi connectivity index (χ4n) is 1.48. The quantitative estimate of drug-likeness (QED) is 0.912. The molecule has 0 bridgehead atoms. The lowest BCUT2D eigenvalue weighted by Crippen LogP contribution is -1.97. The van der Waals surface area contributed by atoms with Crippen molar-refractivity contribution in [3.8, 4) is 17.6 Å². The number of nitrogens with zero attached hydrogens (tertiary/aromatic N) is 3. The Labute approximate surface area is 108 Å². The summed E-state index contributed by atoms with van der Waals surface area (Å²) < 4.78 is 19.1. The van der Waals surface area contributed by atoms with E-state index in [1.807, 2.05) is 6.07 Å². The Balaban J connectivity index is 2.39. The minimum atomic E-state index is -0.719. The van der Waals surface area contributed by atoms with Gasteiger partial charge in [-0.2, -0.15) is 5.26 Å². The molecule has 0 aliphatic rings. The summed E-state index contributed by atoms with van der Waals surface area (Å²) >= 11 is 0. The molecule has 1 heterocycles. The SMILES string of the molecule is Cc1ncc(Oc2c(F)cc(CO)cc2C#N)cn1. The van der Waals surface area contributed by atoms with Crippen molar-refractivity contribution in [3.63, 3.8) is 0 Å². The molecule has 0 spiro atoms. The first-order chi connectivity index (χ1) is 9.13. The van der Waals surface area contributed by atoms with Crippen LogP contribution < -0.4 is 4.74 Å². The monoisotopic (exact) mass is 259 g/mol. The predicted molar refractivity (Wildman–Crippen MR) is 63.9 cm³/mol. The highest BCUT2D eigenvalue weighted by molar-refractivity contribution is 5.48. The van der Waals surface area contributed by atoms with Gasteiger partial charge in [0.15, 0.2) is 17.3 Å². The summed E-state index contributed by atoms with van der Waals surface area (Å²) in [6.45, 7) is 1.36. The van der Waals surface area contributed by atoms with Crippen LogP contribution in [0.4, 0.5) is 4.39 Å². The molecular weight excluding hydrogens is 249 g/mol. The fraction of sp³-hybridized carbons (Fsp3) is 0.154. The van der Waals surface area contributed by atoms with E-state index < -0.39 is 5.82 Å². The van der Waals surface area contributed by atoms with E-state index in [0.717, 1.165) is 6.07 Å². The molecule has 6 heteroatoms. The van der Waals surface area contributed by atoms with Crippen molar-refractivity contribution in [2.75, 3.05) is 0 Å². The van der Waals surface area contributed by atoms with Crippen LogP contribution in [0.3, 0.4) is 0 Å². The predicted octanol–water partition coefficient (Wildman–Crippen LogP) is 2.08. The molecule has 0 atom stereocenters. The highest BCUT2D eigenvalue weighted by atomic mass is 19.1. The molecule has 5 nitrogen and oxygen atoms in total. The fourth-order valence-corrected chi connectivity index (χ4v) is 1.48.